The summed E-state index contributed by atoms with van der Waals surface area (Å²) in [5.74, 6) is -0.535. The largest absolute Gasteiger partial charge is 0.496 e. The lowest BCUT2D eigenvalue weighted by atomic mass is 9.89. The number of allylic oxidation sites excluding steroid dienone is 1. The number of rotatable bonds is 10. The van der Waals surface area contributed by atoms with Crippen molar-refractivity contribution in [2.45, 2.75) is 32.3 Å². The van der Waals surface area contributed by atoms with Crippen LogP contribution in [0.5, 0.6) is 0 Å². The van der Waals surface area contributed by atoms with Crippen LogP contribution in [0.4, 0.5) is 5.69 Å². The smallest absolute Gasteiger partial charge is 0.303 e. The second-order valence-corrected chi connectivity index (χ2v) is 8.76. The number of benzene rings is 2. The summed E-state index contributed by atoms with van der Waals surface area (Å²) in [7, 11) is 3.35. The van der Waals surface area contributed by atoms with Gasteiger partial charge in [-0.3, -0.25) is 9.59 Å². The summed E-state index contributed by atoms with van der Waals surface area (Å²) in [4.78, 5) is 24.5. The number of aliphatic carboxylic acids is 1. The van der Waals surface area contributed by atoms with Gasteiger partial charge in [0.1, 0.15) is 11.5 Å². The molecule has 1 atom stereocenters. The molecule has 9 nitrogen and oxygen atoms in total. The number of methoxy groups -OCH3 is 2. The van der Waals surface area contributed by atoms with Crippen molar-refractivity contribution in [1.29, 1.82) is 0 Å². The Morgan fingerprint density at radius 2 is 1.82 bits per heavy atom. The van der Waals surface area contributed by atoms with E-state index in [4.69, 9.17) is 30.8 Å². The van der Waals surface area contributed by atoms with Gasteiger partial charge in [0, 0.05) is 43.0 Å². The molecule has 1 heterocycles. The summed E-state index contributed by atoms with van der Waals surface area (Å²) in [6, 6.07) is 15.3. The number of ether oxygens (including phenoxy) is 3. The van der Waals surface area contributed by atoms with Gasteiger partial charge in [-0.15, -0.1) is 0 Å². The number of carboxylic acids is 1. The van der Waals surface area contributed by atoms with Crippen molar-refractivity contribution in [3.8, 4) is 0 Å². The molecule has 1 aliphatic rings. The van der Waals surface area contributed by atoms with Crippen LogP contribution in [0.3, 0.4) is 0 Å². The molecule has 4 rings (SSSR count). The number of nitrogens with one attached hydrogen (secondary N) is 1. The first-order valence-electron chi connectivity index (χ1n) is 12.3. The zero-order valence-electron chi connectivity index (χ0n) is 22.0. The number of carbonyl (C=O) groups excluding carboxylic acids is 1. The number of hydrogen-bond acceptors (Lipinski definition) is 6. The van der Waals surface area contributed by atoms with E-state index in [0.717, 1.165) is 45.4 Å². The molecular weight excluding hydrogens is 486 g/mol. The number of aromatic nitrogens is 1. The van der Waals surface area contributed by atoms with Gasteiger partial charge in [-0.05, 0) is 42.2 Å². The van der Waals surface area contributed by atoms with Crippen molar-refractivity contribution >= 4 is 34.0 Å². The van der Waals surface area contributed by atoms with Gasteiger partial charge in [0.25, 0.3) is 5.91 Å². The van der Waals surface area contributed by atoms with Crippen molar-refractivity contribution in [2.75, 3.05) is 33.2 Å². The quantitative estimate of drug-likeness (QED) is 0.311. The Kier molecular flexibility index (Phi) is 10.1. The molecule has 202 valence electrons. The second-order valence-electron chi connectivity index (χ2n) is 8.76. The molecule has 3 aromatic rings. The van der Waals surface area contributed by atoms with Crippen LogP contribution >= 0.6 is 0 Å². The van der Waals surface area contributed by atoms with E-state index in [1.165, 1.54) is 0 Å². The Balaban J connectivity index is 0.000000256. The van der Waals surface area contributed by atoms with Crippen molar-refractivity contribution in [3.05, 3.63) is 82.8 Å². The lowest BCUT2D eigenvalue weighted by molar-refractivity contribution is -0.136. The SMILES string of the molecule is CCOCC1=CC(OC)=C(c2ccc(CCC(=O)O)cc2)C(OC)C1.NC(=O)c1[nH]c2ccccc2c1N. The second kappa shape index (κ2) is 13.5. The zero-order chi connectivity index (χ0) is 27.7. The molecule has 0 saturated heterocycles. The number of nitrogens with two attached hydrogens (primary N) is 2. The Bertz CT molecular complexity index is 1320. The summed E-state index contributed by atoms with van der Waals surface area (Å²) in [6.07, 6.45) is 3.35. The molecule has 0 spiro atoms. The number of hydrogen-bond donors (Lipinski definition) is 4. The first kappa shape index (κ1) is 28.5. The highest BCUT2D eigenvalue weighted by molar-refractivity contribution is 6.06. The minimum absolute atomic E-state index is 0.0970. The molecule has 1 aromatic heterocycles. The summed E-state index contributed by atoms with van der Waals surface area (Å²) >= 11 is 0. The number of H-pyrrole nitrogens is 1. The van der Waals surface area contributed by atoms with Gasteiger partial charge in [0.2, 0.25) is 0 Å². The number of carboxylic acid groups (broad SMARTS) is 1. The lowest BCUT2D eigenvalue weighted by Crippen LogP contribution is -2.21. The number of anilines is 1. The molecule has 0 radical (unpaired) electrons. The minimum atomic E-state index is -0.785. The molecule has 1 amide bonds. The molecule has 0 fully saturated rings. The number of fused-ring (bicyclic) bond motifs is 1. The van der Waals surface area contributed by atoms with E-state index >= 15 is 0 Å². The fraction of sp³-hybridized carbons (Fsp3) is 0.310. The summed E-state index contributed by atoms with van der Waals surface area (Å²) in [5.41, 5.74) is 16.5. The topological polar surface area (TPSA) is 150 Å². The first-order valence-corrected chi connectivity index (χ1v) is 12.3. The van der Waals surface area contributed by atoms with E-state index in [2.05, 4.69) is 4.98 Å². The van der Waals surface area contributed by atoms with Crippen LogP contribution in [0, 0.1) is 0 Å². The maximum atomic E-state index is 10.9. The van der Waals surface area contributed by atoms with Gasteiger partial charge in [0.15, 0.2) is 0 Å². The maximum Gasteiger partial charge on any atom is 0.303 e. The molecule has 0 aliphatic heterocycles. The summed E-state index contributed by atoms with van der Waals surface area (Å²) in [6.45, 7) is 3.22. The minimum Gasteiger partial charge on any atom is -0.496 e. The summed E-state index contributed by atoms with van der Waals surface area (Å²) in [5, 5.41) is 9.63. The standard InChI is InChI=1S/C20H26O5.C9H9N3O/c1-4-25-13-15-11-17(23-2)20(18(12-15)24-3)16-8-5-14(6-9-16)7-10-19(21)22;10-7-5-3-1-2-4-6(5)12-8(7)9(11)13/h5-6,8-9,11,18H,4,7,10,12-13H2,1-3H3,(H,21,22);1-4,12H,10H2,(H2,11,13). The number of para-hydroxylation sites is 1. The van der Waals surface area contributed by atoms with Crippen LogP contribution in [0.25, 0.3) is 16.5 Å². The van der Waals surface area contributed by atoms with Crippen molar-refractivity contribution in [1.82, 2.24) is 4.98 Å². The van der Waals surface area contributed by atoms with Gasteiger partial charge in [-0.2, -0.15) is 0 Å². The highest BCUT2D eigenvalue weighted by Gasteiger charge is 2.26. The van der Waals surface area contributed by atoms with E-state index in [-0.39, 0.29) is 18.2 Å². The van der Waals surface area contributed by atoms with Crippen LogP contribution in [-0.4, -0.2) is 55.5 Å². The number of primary amides is 1. The fourth-order valence-corrected chi connectivity index (χ4v) is 4.31. The first-order chi connectivity index (χ1) is 18.3. The Morgan fingerprint density at radius 3 is 2.39 bits per heavy atom. The Labute approximate surface area is 222 Å². The predicted molar refractivity (Wildman–Crippen MR) is 148 cm³/mol. The van der Waals surface area contributed by atoms with Crippen LogP contribution in [0.1, 0.15) is 41.4 Å². The predicted octanol–water partition coefficient (Wildman–Crippen LogP) is 4.29. The number of aromatic amines is 1. The third kappa shape index (κ3) is 7.02. The Hall–Kier alpha value is -4.08. The molecule has 38 heavy (non-hydrogen) atoms. The summed E-state index contributed by atoms with van der Waals surface area (Å²) < 4.78 is 16.8. The molecular formula is C29H35N3O6. The van der Waals surface area contributed by atoms with E-state index in [0.29, 0.717) is 25.3 Å². The van der Waals surface area contributed by atoms with Crippen molar-refractivity contribution in [3.63, 3.8) is 0 Å². The lowest BCUT2D eigenvalue weighted by Gasteiger charge is -2.27. The van der Waals surface area contributed by atoms with E-state index in [1.807, 2.05) is 61.5 Å². The molecule has 9 heteroatoms. The molecule has 2 aromatic carbocycles. The zero-order valence-corrected chi connectivity index (χ0v) is 22.0. The average Bonchev–Trinajstić information content (AvgIpc) is 3.27. The van der Waals surface area contributed by atoms with Gasteiger partial charge in [0.05, 0.1) is 25.5 Å². The number of amides is 1. The van der Waals surface area contributed by atoms with Gasteiger partial charge in [-0.25, -0.2) is 0 Å². The molecule has 6 N–H and O–H groups in total. The maximum absolute atomic E-state index is 10.9. The van der Waals surface area contributed by atoms with Crippen LogP contribution in [0.2, 0.25) is 0 Å². The normalized spacial score (nSPS) is 15.0. The molecule has 1 unspecified atom stereocenters. The molecule has 1 aliphatic carbocycles. The van der Waals surface area contributed by atoms with Crippen LogP contribution < -0.4 is 11.5 Å². The highest BCUT2D eigenvalue weighted by atomic mass is 16.5. The van der Waals surface area contributed by atoms with E-state index < -0.39 is 11.9 Å². The van der Waals surface area contributed by atoms with Crippen molar-refractivity contribution in [2.24, 2.45) is 5.73 Å². The average molecular weight is 522 g/mol. The van der Waals surface area contributed by atoms with Gasteiger partial charge in [-0.1, -0.05) is 42.5 Å². The number of aryl methyl sites for hydroxylation is 1. The monoisotopic (exact) mass is 521 g/mol. The van der Waals surface area contributed by atoms with E-state index in [1.54, 1.807) is 14.2 Å². The number of nitrogen functional groups attached to an aromatic ring is 1. The molecule has 0 bridgehead atoms. The van der Waals surface area contributed by atoms with Gasteiger partial charge < -0.3 is 35.8 Å². The van der Waals surface area contributed by atoms with Crippen LogP contribution in [-0.2, 0) is 25.4 Å². The third-order valence-electron chi connectivity index (χ3n) is 6.25. The number of carbonyl (C=O) groups is 2. The molecule has 0 saturated carbocycles. The van der Waals surface area contributed by atoms with E-state index in [9.17, 15) is 9.59 Å². The Morgan fingerprint density at radius 1 is 1.11 bits per heavy atom. The highest BCUT2D eigenvalue weighted by Crippen LogP contribution is 2.34. The van der Waals surface area contributed by atoms with Crippen LogP contribution in [0.15, 0.2) is 65.9 Å². The van der Waals surface area contributed by atoms with Gasteiger partial charge >= 0.3 is 5.97 Å². The van der Waals surface area contributed by atoms with Crippen molar-refractivity contribution < 1.29 is 28.9 Å². The fourth-order valence-electron chi connectivity index (χ4n) is 4.31. The third-order valence-corrected chi connectivity index (χ3v) is 6.25.